The Morgan fingerprint density at radius 3 is 1.09 bits per heavy atom. The number of carboxylic acids is 2. The van der Waals surface area contributed by atoms with Crippen LogP contribution in [0.1, 0.15) is 93.5 Å². The number of carboxylic acid groups (broad SMARTS) is 2. The van der Waals surface area contributed by atoms with Gasteiger partial charge < -0.3 is 47.7 Å². The number of aryl methyl sites for hydroxylation is 2. The summed E-state index contributed by atoms with van der Waals surface area (Å²) in [6, 6.07) is 73.7. The Bertz CT molecular complexity index is 6900. The van der Waals surface area contributed by atoms with E-state index in [0.717, 1.165) is 167 Å². The number of para-hydroxylation sites is 4. The molecule has 127 heavy (non-hydrogen) atoms. The summed E-state index contributed by atoms with van der Waals surface area (Å²) in [6.45, 7) is 16.0. The lowest BCUT2D eigenvalue weighted by atomic mass is 10.0. The summed E-state index contributed by atoms with van der Waals surface area (Å²) >= 11 is 2.94. The maximum absolute atomic E-state index is 14.0. The van der Waals surface area contributed by atoms with Crippen LogP contribution in [0.15, 0.2) is 249 Å². The molecule has 9 aromatic heterocycles. The zero-order chi connectivity index (χ0) is 90.5. The number of aliphatic carboxylic acids is 2. The standard InChI is InChI=1S/C23H21FN2O2.2C21H17FN2O2.C13H14FNO2.C10H7NO.C9H8FN.C4H7BrO2/c1-3-28-23(27)14-26-15(2)19(20-12-17(24)9-11-22(20)26)13-18-10-8-16-6-4-5-7-21(16)25-18;2*1-13-17(11-16-8-6-14-4-2-3-5-19(14)23-16)18-10-15(22)7-9-20(18)24(13)12-21(25)26;1-3-17-13(16)8-15-9(2)6-10-7-11(14)4-5-12(10)15;12-7-9-6-5-8-3-1-2-4-10(8)11-9;1-6-4-7-5-8(10)2-3-9(7)11-6;1-2-7-4(6)3-5/h4-12H,3,13-14H2,1-2H3;2*2-10H,11-12H2,1H3,(H,25,26);4-7H,3,8H2,1-2H3;1-7H;2-5,11H,1H3;2-3H2,1H3. The first-order chi connectivity index (χ1) is 61.2. The lowest BCUT2D eigenvalue weighted by Crippen LogP contribution is -2.14. The number of carbonyl (C=O) groups excluding carboxylic acids is 4. The van der Waals surface area contributed by atoms with E-state index in [0.29, 0.717) is 50.1 Å². The number of nitrogens with zero attached hydrogens (tertiary/aromatic N) is 8. The van der Waals surface area contributed by atoms with E-state index in [9.17, 15) is 60.9 Å². The Balaban J connectivity index is 0.000000140. The number of pyridine rings is 4. The average Bonchev–Trinajstić information content (AvgIpc) is 1.63. The van der Waals surface area contributed by atoms with Gasteiger partial charge in [-0.3, -0.25) is 43.7 Å². The summed E-state index contributed by atoms with van der Waals surface area (Å²) in [5.74, 6) is -4.07. The van der Waals surface area contributed by atoms with Gasteiger partial charge in [-0.2, -0.15) is 0 Å². The Kier molecular flexibility index (Phi) is 30.8. The van der Waals surface area contributed by atoms with Crippen LogP contribution in [0.4, 0.5) is 22.0 Å². The van der Waals surface area contributed by atoms with Crippen LogP contribution in [0.5, 0.6) is 0 Å². The molecule has 9 heterocycles. The molecule has 0 atom stereocenters. The fourth-order valence-corrected chi connectivity index (χ4v) is 15.3. The van der Waals surface area contributed by atoms with Crippen LogP contribution in [-0.2, 0) is 83.6 Å². The van der Waals surface area contributed by atoms with Crippen molar-refractivity contribution >= 4 is 150 Å². The van der Waals surface area contributed by atoms with Crippen LogP contribution in [0.25, 0.3) is 98.1 Å². The third kappa shape index (κ3) is 23.3. The molecule has 0 spiro atoms. The summed E-state index contributed by atoms with van der Waals surface area (Å²) in [6.07, 6.45) is 2.35. The fourth-order valence-electron chi connectivity index (χ4n) is 15.1. The SMILES string of the molecule is CCOC(=O)CBr.CCOC(=O)Cn1c(C)c(Cc2ccc3ccccc3n2)c2cc(F)ccc21.CCOC(=O)Cn1c(C)cc2cc(F)ccc21.Cc1c(Cc2ccc3ccccc3n2)c2cc(F)ccc2n1CC(=O)O.Cc1c(Cc2ccc3ccccc3n2)c2cc(F)ccc2n1CC(=O)O.Cc1cc2cc(F)ccc2[nH]1.O=Cc1ccc2ccccc2n1. The van der Waals surface area contributed by atoms with Gasteiger partial charge in [-0.25, -0.2) is 26.9 Å². The number of hydrogen-bond donors (Lipinski definition) is 3. The van der Waals surface area contributed by atoms with Gasteiger partial charge in [0.25, 0.3) is 0 Å². The highest BCUT2D eigenvalue weighted by Gasteiger charge is 2.22. The van der Waals surface area contributed by atoms with Crippen molar-refractivity contribution in [2.75, 3.05) is 25.2 Å². The third-order valence-corrected chi connectivity index (χ3v) is 21.5. The molecule has 0 aliphatic heterocycles. The summed E-state index contributed by atoms with van der Waals surface area (Å²) < 4.78 is 89.0. The number of hydrogen-bond acceptors (Lipinski definition) is 13. The number of esters is 3. The minimum Gasteiger partial charge on any atom is -0.480 e. The van der Waals surface area contributed by atoms with Gasteiger partial charge in [-0.05, 0) is 224 Å². The summed E-state index contributed by atoms with van der Waals surface area (Å²) in [5, 5.41) is 27.0. The van der Waals surface area contributed by atoms with E-state index in [1.54, 1.807) is 66.3 Å². The van der Waals surface area contributed by atoms with E-state index in [1.165, 1.54) is 60.7 Å². The number of rotatable bonds is 19. The average molecular weight is 1780 g/mol. The number of alkyl halides is 1. The van der Waals surface area contributed by atoms with Crippen LogP contribution in [0, 0.1) is 63.7 Å². The summed E-state index contributed by atoms with van der Waals surface area (Å²) in [7, 11) is 0. The molecule has 0 amide bonds. The minimum atomic E-state index is -0.926. The van der Waals surface area contributed by atoms with Crippen molar-refractivity contribution in [2.24, 2.45) is 0 Å². The van der Waals surface area contributed by atoms with Crippen LogP contribution >= 0.6 is 15.9 Å². The second kappa shape index (κ2) is 42.7. The molecule has 0 aliphatic rings. The molecule has 648 valence electrons. The van der Waals surface area contributed by atoms with E-state index >= 15 is 0 Å². The molecule has 0 radical (unpaired) electrons. The quantitative estimate of drug-likeness (QED) is 0.0224. The maximum Gasteiger partial charge on any atom is 0.325 e. The van der Waals surface area contributed by atoms with Gasteiger partial charge in [0.05, 0.1) is 41.9 Å². The number of ether oxygens (including phenoxy) is 3. The van der Waals surface area contributed by atoms with Crippen molar-refractivity contribution in [3.8, 4) is 0 Å². The lowest BCUT2D eigenvalue weighted by molar-refractivity contribution is -0.144. The molecule has 0 saturated carbocycles. The van der Waals surface area contributed by atoms with Crippen molar-refractivity contribution in [1.29, 1.82) is 0 Å². The molecular weight excluding hydrogens is 1690 g/mol. The van der Waals surface area contributed by atoms with Crippen molar-refractivity contribution in [2.45, 2.75) is 101 Å². The van der Waals surface area contributed by atoms with Crippen LogP contribution in [-0.4, -0.2) is 115 Å². The Hall–Kier alpha value is -14.5. The predicted octanol–water partition coefficient (Wildman–Crippen LogP) is 21.7. The number of aromatic amines is 1. The van der Waals surface area contributed by atoms with E-state index in [-0.39, 0.29) is 73.2 Å². The first kappa shape index (κ1) is 91.7. The smallest absolute Gasteiger partial charge is 0.325 e. The number of aldehydes is 1. The highest BCUT2D eigenvalue weighted by molar-refractivity contribution is 9.09. The van der Waals surface area contributed by atoms with Gasteiger partial charge in [0.15, 0.2) is 6.29 Å². The molecular formula is C101H91BrF5N9O11. The third-order valence-electron chi connectivity index (χ3n) is 21.0. The Morgan fingerprint density at radius 2 is 0.709 bits per heavy atom. The molecule has 3 N–H and O–H groups in total. The molecule has 0 fully saturated rings. The molecule has 0 bridgehead atoms. The largest absolute Gasteiger partial charge is 0.480 e. The van der Waals surface area contributed by atoms with E-state index in [1.807, 2.05) is 195 Å². The molecule has 0 unspecified atom stereocenters. The fraction of sp³-hybridized carbons (Fsp3) is 0.188. The first-order valence-corrected chi connectivity index (χ1v) is 42.0. The number of benzene rings is 9. The first-order valence-electron chi connectivity index (χ1n) is 40.8. The maximum atomic E-state index is 14.0. The number of halogens is 6. The van der Waals surface area contributed by atoms with Crippen molar-refractivity contribution in [1.82, 2.24) is 43.2 Å². The van der Waals surface area contributed by atoms with Gasteiger partial charge in [0.2, 0.25) is 0 Å². The van der Waals surface area contributed by atoms with Gasteiger partial charge in [0, 0.05) is 141 Å². The molecule has 18 rings (SSSR count). The molecule has 26 heteroatoms. The molecule has 18 aromatic rings. The van der Waals surface area contributed by atoms with Crippen molar-refractivity contribution in [3.63, 3.8) is 0 Å². The monoisotopic (exact) mass is 1780 g/mol. The lowest BCUT2D eigenvalue weighted by Gasteiger charge is -2.08. The topological polar surface area (TPSA) is 258 Å². The number of H-pyrrole nitrogens is 1. The normalized spacial score (nSPS) is 10.9. The highest BCUT2D eigenvalue weighted by atomic mass is 79.9. The summed E-state index contributed by atoms with van der Waals surface area (Å²) in [4.78, 5) is 87.9. The van der Waals surface area contributed by atoms with Crippen LogP contribution in [0.3, 0.4) is 0 Å². The van der Waals surface area contributed by atoms with Crippen LogP contribution in [0.2, 0.25) is 0 Å². The van der Waals surface area contributed by atoms with Crippen LogP contribution < -0.4 is 0 Å². The second-order valence-electron chi connectivity index (χ2n) is 29.6. The zero-order valence-electron chi connectivity index (χ0n) is 70.9. The molecule has 9 aromatic carbocycles. The van der Waals surface area contributed by atoms with Crippen molar-refractivity contribution in [3.05, 3.63) is 346 Å². The van der Waals surface area contributed by atoms with Gasteiger partial charge >= 0.3 is 29.8 Å². The second-order valence-corrected chi connectivity index (χ2v) is 30.2. The van der Waals surface area contributed by atoms with E-state index in [2.05, 4.69) is 30.6 Å². The zero-order valence-corrected chi connectivity index (χ0v) is 72.5. The minimum absolute atomic E-state index is 0.104. The highest BCUT2D eigenvalue weighted by Crippen LogP contribution is 2.34. The number of carbonyl (C=O) groups is 6. The van der Waals surface area contributed by atoms with Gasteiger partial charge in [0.1, 0.15) is 66.3 Å². The predicted molar refractivity (Wildman–Crippen MR) is 489 cm³/mol. The summed E-state index contributed by atoms with van der Waals surface area (Å²) in [5.41, 5.74) is 18.2. The number of nitrogens with one attached hydrogen (secondary N) is 1. The van der Waals surface area contributed by atoms with E-state index < -0.39 is 11.9 Å². The van der Waals surface area contributed by atoms with E-state index in [4.69, 9.17) is 24.4 Å². The molecule has 0 saturated heterocycles. The van der Waals surface area contributed by atoms with Gasteiger partial charge in [-0.15, -0.1) is 0 Å². The number of fused-ring (bicyclic) bond motifs is 9. The number of aromatic nitrogens is 9. The molecule has 0 aliphatic carbocycles. The molecule has 20 nitrogen and oxygen atoms in total. The Labute approximate surface area is 736 Å². The Morgan fingerprint density at radius 1 is 0.370 bits per heavy atom. The van der Waals surface area contributed by atoms with Gasteiger partial charge in [-0.1, -0.05) is 113 Å². The van der Waals surface area contributed by atoms with Crippen molar-refractivity contribution < 1.29 is 75.1 Å².